The highest BCUT2D eigenvalue weighted by Crippen LogP contribution is 2.37. The molecular formula is C24H22N2O6. The van der Waals surface area contributed by atoms with Crippen molar-refractivity contribution in [3.8, 4) is 11.5 Å². The largest absolute Gasteiger partial charge is 0.506 e. The number of ether oxygens (including phenoxy) is 3. The van der Waals surface area contributed by atoms with E-state index in [0.29, 0.717) is 39.7 Å². The van der Waals surface area contributed by atoms with Crippen molar-refractivity contribution >= 4 is 44.8 Å². The average Bonchev–Trinajstić information content (AvgIpc) is 2.78. The number of hydrogen-bond donors (Lipinski definition) is 1. The molecule has 0 saturated carbocycles. The van der Waals surface area contributed by atoms with Gasteiger partial charge in [-0.15, -0.1) is 0 Å². The molecule has 8 heteroatoms. The van der Waals surface area contributed by atoms with Crippen LogP contribution in [0.2, 0.25) is 0 Å². The highest BCUT2D eigenvalue weighted by atomic mass is 16.5. The predicted molar refractivity (Wildman–Crippen MR) is 119 cm³/mol. The third kappa shape index (κ3) is 3.53. The fourth-order valence-corrected chi connectivity index (χ4v) is 3.63. The quantitative estimate of drug-likeness (QED) is 0.270. The van der Waals surface area contributed by atoms with Crippen molar-refractivity contribution in [2.75, 3.05) is 19.8 Å². The van der Waals surface area contributed by atoms with Crippen molar-refractivity contribution in [3.63, 3.8) is 0 Å². The summed E-state index contributed by atoms with van der Waals surface area (Å²) in [5.74, 6) is -1.14. The Kier molecular flexibility index (Phi) is 5.77. The molecule has 0 unspecified atom stereocenters. The Labute approximate surface area is 183 Å². The number of benzene rings is 3. The number of rotatable bonds is 6. The first kappa shape index (κ1) is 21.3. The van der Waals surface area contributed by atoms with Crippen LogP contribution in [0.4, 0.5) is 0 Å². The lowest BCUT2D eigenvalue weighted by Gasteiger charge is -2.14. The summed E-state index contributed by atoms with van der Waals surface area (Å²) < 4.78 is 15.9. The Morgan fingerprint density at radius 3 is 2.16 bits per heavy atom. The van der Waals surface area contributed by atoms with Gasteiger partial charge in [-0.25, -0.2) is 19.6 Å². The molecule has 0 aliphatic carbocycles. The van der Waals surface area contributed by atoms with E-state index in [1.165, 1.54) is 6.07 Å². The second kappa shape index (κ2) is 8.66. The van der Waals surface area contributed by atoms with Gasteiger partial charge >= 0.3 is 11.9 Å². The second-order valence-electron chi connectivity index (χ2n) is 6.90. The third-order valence-electron chi connectivity index (χ3n) is 4.95. The van der Waals surface area contributed by atoms with Crippen molar-refractivity contribution in [2.45, 2.75) is 20.8 Å². The Bertz CT molecular complexity index is 1370. The molecule has 164 valence electrons. The zero-order chi connectivity index (χ0) is 22.8. The molecule has 0 radical (unpaired) electrons. The molecule has 4 aromatic rings. The first-order valence-corrected chi connectivity index (χ1v) is 10.4. The van der Waals surface area contributed by atoms with Crippen molar-refractivity contribution in [1.29, 1.82) is 0 Å². The van der Waals surface area contributed by atoms with Gasteiger partial charge in [0.1, 0.15) is 28.1 Å². The Morgan fingerprint density at radius 1 is 0.844 bits per heavy atom. The van der Waals surface area contributed by atoms with Gasteiger partial charge in [0.15, 0.2) is 0 Å². The maximum Gasteiger partial charge on any atom is 0.344 e. The van der Waals surface area contributed by atoms with Gasteiger partial charge < -0.3 is 19.3 Å². The minimum Gasteiger partial charge on any atom is -0.506 e. The highest BCUT2D eigenvalue weighted by Gasteiger charge is 2.24. The van der Waals surface area contributed by atoms with Gasteiger partial charge in [-0.05, 0) is 26.8 Å². The van der Waals surface area contributed by atoms with E-state index in [0.717, 1.165) is 0 Å². The Morgan fingerprint density at radius 2 is 1.47 bits per heavy atom. The van der Waals surface area contributed by atoms with Crippen LogP contribution in [0.25, 0.3) is 32.8 Å². The number of hydrogen-bond acceptors (Lipinski definition) is 8. The molecule has 1 heterocycles. The zero-order valence-corrected chi connectivity index (χ0v) is 18.0. The van der Waals surface area contributed by atoms with E-state index in [-0.39, 0.29) is 35.6 Å². The molecule has 0 amide bonds. The van der Waals surface area contributed by atoms with Crippen LogP contribution < -0.4 is 4.74 Å². The van der Waals surface area contributed by atoms with E-state index < -0.39 is 11.9 Å². The topological polar surface area (TPSA) is 108 Å². The van der Waals surface area contributed by atoms with E-state index in [1.807, 2.05) is 13.0 Å². The lowest BCUT2D eigenvalue weighted by Crippen LogP contribution is -2.10. The van der Waals surface area contributed by atoms with Crippen molar-refractivity contribution in [2.24, 2.45) is 0 Å². The molecular weight excluding hydrogens is 412 g/mol. The minimum atomic E-state index is -0.703. The lowest BCUT2D eigenvalue weighted by atomic mass is 10.0. The summed E-state index contributed by atoms with van der Waals surface area (Å²) >= 11 is 0. The van der Waals surface area contributed by atoms with Crippen LogP contribution in [-0.4, -0.2) is 46.8 Å². The van der Waals surface area contributed by atoms with Gasteiger partial charge in [0.05, 0.1) is 36.4 Å². The van der Waals surface area contributed by atoms with Gasteiger partial charge in [0, 0.05) is 16.8 Å². The van der Waals surface area contributed by atoms with Crippen LogP contribution in [0.15, 0.2) is 36.4 Å². The van der Waals surface area contributed by atoms with E-state index in [4.69, 9.17) is 19.2 Å². The number of carbonyl (C=O) groups is 2. The fraction of sp³-hybridized carbons (Fsp3) is 0.250. The molecule has 0 bridgehead atoms. The number of aromatic nitrogens is 2. The molecule has 32 heavy (non-hydrogen) atoms. The van der Waals surface area contributed by atoms with E-state index in [1.54, 1.807) is 38.1 Å². The normalized spacial score (nSPS) is 11.1. The summed E-state index contributed by atoms with van der Waals surface area (Å²) in [4.78, 5) is 34.5. The monoisotopic (exact) mass is 434 g/mol. The van der Waals surface area contributed by atoms with Gasteiger partial charge in [0.2, 0.25) is 0 Å². The third-order valence-corrected chi connectivity index (χ3v) is 4.95. The molecule has 0 spiro atoms. The van der Waals surface area contributed by atoms with Gasteiger partial charge in [-0.1, -0.05) is 24.3 Å². The van der Waals surface area contributed by atoms with Gasteiger partial charge in [0.25, 0.3) is 0 Å². The zero-order valence-electron chi connectivity index (χ0n) is 18.0. The lowest BCUT2D eigenvalue weighted by molar-refractivity contribution is 0.0513. The number of phenols is 1. The van der Waals surface area contributed by atoms with Crippen LogP contribution in [0, 0.1) is 0 Å². The Balaban J connectivity index is 2.10. The summed E-state index contributed by atoms with van der Waals surface area (Å²) in [5.41, 5.74) is 1.58. The predicted octanol–water partition coefficient (Wildman–Crippen LogP) is 4.39. The number of phenolic OH excluding ortho intramolecular Hbond substituents is 1. The maximum atomic E-state index is 12.7. The molecule has 0 saturated heterocycles. The SMILES string of the molecule is CCOC(=O)c1cc2nc3c(C(=O)OCC)c(O)c4ccccc4c3nc2cc1OCC. The number of carbonyl (C=O) groups excluding carboxylic acids is 2. The van der Waals surface area contributed by atoms with Crippen LogP contribution >= 0.6 is 0 Å². The summed E-state index contributed by atoms with van der Waals surface area (Å²) in [6, 6.07) is 10.2. The first-order valence-electron chi connectivity index (χ1n) is 10.4. The molecule has 1 N–H and O–H groups in total. The summed E-state index contributed by atoms with van der Waals surface area (Å²) in [5, 5.41) is 12.0. The number of nitrogens with zero attached hydrogens (tertiary/aromatic N) is 2. The molecule has 0 fully saturated rings. The highest BCUT2D eigenvalue weighted by molar-refractivity contribution is 6.18. The number of aromatic hydroxyl groups is 1. The summed E-state index contributed by atoms with van der Waals surface area (Å²) in [7, 11) is 0. The molecule has 3 aromatic carbocycles. The smallest absolute Gasteiger partial charge is 0.344 e. The second-order valence-corrected chi connectivity index (χ2v) is 6.90. The molecule has 8 nitrogen and oxygen atoms in total. The van der Waals surface area contributed by atoms with Crippen LogP contribution in [0.3, 0.4) is 0 Å². The van der Waals surface area contributed by atoms with Gasteiger partial charge in [-0.2, -0.15) is 0 Å². The van der Waals surface area contributed by atoms with Crippen LogP contribution in [-0.2, 0) is 9.47 Å². The van der Waals surface area contributed by atoms with Gasteiger partial charge in [-0.3, -0.25) is 0 Å². The summed E-state index contributed by atoms with van der Waals surface area (Å²) in [6.07, 6.45) is 0. The minimum absolute atomic E-state index is 0.0680. The van der Waals surface area contributed by atoms with E-state index in [2.05, 4.69) is 4.98 Å². The summed E-state index contributed by atoms with van der Waals surface area (Å²) in [6.45, 7) is 5.90. The van der Waals surface area contributed by atoms with E-state index >= 15 is 0 Å². The molecule has 0 atom stereocenters. The van der Waals surface area contributed by atoms with Crippen LogP contribution in [0.5, 0.6) is 11.5 Å². The maximum absolute atomic E-state index is 12.7. The number of esters is 2. The van der Waals surface area contributed by atoms with Crippen LogP contribution in [0.1, 0.15) is 41.5 Å². The molecule has 1 aromatic heterocycles. The fourth-order valence-electron chi connectivity index (χ4n) is 3.63. The van der Waals surface area contributed by atoms with Crippen molar-refractivity contribution in [1.82, 2.24) is 9.97 Å². The van der Waals surface area contributed by atoms with Crippen molar-refractivity contribution in [3.05, 3.63) is 47.5 Å². The van der Waals surface area contributed by atoms with Crippen molar-refractivity contribution < 1.29 is 28.9 Å². The Hall–Kier alpha value is -3.94. The average molecular weight is 434 g/mol. The standard InChI is InChI=1S/C24H22N2O6/c1-4-30-18-12-17-16(11-15(18)23(28)31-5-2)26-21-19(24(29)32-6-3)22(27)14-10-8-7-9-13(14)20(21)25-17/h7-12,27H,4-6H2,1-3H3. The number of fused-ring (bicyclic) bond motifs is 4. The first-order chi connectivity index (χ1) is 15.5. The molecule has 0 aliphatic rings. The molecule has 4 rings (SSSR count). The van der Waals surface area contributed by atoms with E-state index in [9.17, 15) is 14.7 Å². The molecule has 0 aliphatic heterocycles.